The zero-order valence-corrected chi connectivity index (χ0v) is 12.8. The fraction of sp³-hybridized carbons (Fsp3) is 1.00. The van der Waals surface area contributed by atoms with Crippen molar-refractivity contribution >= 4 is 0 Å². The minimum absolute atomic E-state index is 0.00968. The van der Waals surface area contributed by atoms with E-state index in [0.717, 1.165) is 18.8 Å². The lowest BCUT2D eigenvalue weighted by Gasteiger charge is -2.35. The molecule has 0 aromatic rings. The molecular weight excluding hydrogens is 236 g/mol. The molecule has 2 rings (SSSR count). The average molecular weight is 268 g/mol. The number of nitrogens with one attached hydrogen (secondary N) is 1. The molecule has 0 aromatic carbocycles. The van der Waals surface area contributed by atoms with Crippen molar-refractivity contribution in [3.63, 3.8) is 0 Å². The summed E-state index contributed by atoms with van der Waals surface area (Å²) in [7, 11) is 0. The van der Waals surface area contributed by atoms with Gasteiger partial charge in [0.1, 0.15) is 0 Å². The Labute approximate surface area is 118 Å². The molecule has 19 heavy (non-hydrogen) atoms. The Balaban J connectivity index is 1.69. The Morgan fingerprint density at radius 2 is 1.89 bits per heavy atom. The number of nitrogens with zero attached hydrogens (tertiary/aromatic N) is 1. The number of rotatable bonds is 8. The van der Waals surface area contributed by atoms with Crippen molar-refractivity contribution < 1.29 is 5.11 Å². The maximum atomic E-state index is 9.75. The lowest BCUT2D eigenvalue weighted by molar-refractivity contribution is 0.130. The molecule has 2 aliphatic rings. The largest absolute Gasteiger partial charge is 0.394 e. The van der Waals surface area contributed by atoms with E-state index in [2.05, 4.69) is 24.1 Å². The van der Waals surface area contributed by atoms with Crippen molar-refractivity contribution in [1.82, 2.24) is 10.2 Å². The van der Waals surface area contributed by atoms with Crippen LogP contribution in [0.5, 0.6) is 0 Å². The molecule has 1 aliphatic heterocycles. The van der Waals surface area contributed by atoms with Crippen molar-refractivity contribution in [2.45, 2.75) is 70.4 Å². The van der Waals surface area contributed by atoms with Gasteiger partial charge in [-0.1, -0.05) is 13.8 Å². The highest BCUT2D eigenvalue weighted by Gasteiger charge is 2.34. The third kappa shape index (κ3) is 4.73. The number of piperidine rings is 1. The van der Waals surface area contributed by atoms with Gasteiger partial charge in [-0.25, -0.2) is 0 Å². The zero-order chi connectivity index (χ0) is 13.7. The van der Waals surface area contributed by atoms with Crippen LogP contribution in [0.2, 0.25) is 0 Å². The number of aliphatic hydroxyl groups is 1. The summed E-state index contributed by atoms with van der Waals surface area (Å²) in [5.74, 6) is 0.917. The summed E-state index contributed by atoms with van der Waals surface area (Å²) in [4.78, 5) is 2.61. The quantitative estimate of drug-likeness (QED) is 0.709. The highest BCUT2D eigenvalue weighted by atomic mass is 16.3. The van der Waals surface area contributed by atoms with Crippen molar-refractivity contribution in [1.29, 1.82) is 0 Å². The first-order valence-electron chi connectivity index (χ1n) is 8.28. The molecule has 1 aliphatic carbocycles. The van der Waals surface area contributed by atoms with Crippen LogP contribution in [0, 0.1) is 5.92 Å². The van der Waals surface area contributed by atoms with E-state index in [0.29, 0.717) is 6.04 Å². The van der Waals surface area contributed by atoms with Crippen LogP contribution in [-0.4, -0.2) is 47.8 Å². The zero-order valence-electron chi connectivity index (χ0n) is 12.8. The van der Waals surface area contributed by atoms with Crippen LogP contribution in [0.4, 0.5) is 0 Å². The first-order valence-corrected chi connectivity index (χ1v) is 8.28. The molecule has 0 bridgehead atoms. The first kappa shape index (κ1) is 15.3. The fourth-order valence-electron chi connectivity index (χ4n) is 3.17. The Hall–Kier alpha value is -0.120. The van der Waals surface area contributed by atoms with Gasteiger partial charge in [-0.15, -0.1) is 0 Å². The summed E-state index contributed by atoms with van der Waals surface area (Å²) in [6.45, 7) is 8.61. The molecule has 0 radical (unpaired) electrons. The third-order valence-corrected chi connectivity index (χ3v) is 5.07. The highest BCUT2D eigenvalue weighted by Crippen LogP contribution is 2.27. The molecule has 1 heterocycles. The number of likely N-dealkylation sites (tertiary alicyclic amines) is 1. The van der Waals surface area contributed by atoms with Gasteiger partial charge in [0.25, 0.3) is 0 Å². The predicted octanol–water partition coefficient (Wildman–Crippen LogP) is 2.39. The summed E-state index contributed by atoms with van der Waals surface area (Å²) < 4.78 is 0. The van der Waals surface area contributed by atoms with Gasteiger partial charge >= 0.3 is 0 Å². The lowest BCUT2D eigenvalue weighted by atomic mass is 9.90. The molecule has 3 heteroatoms. The number of aliphatic hydroxyl groups excluding tert-OH is 1. The average Bonchev–Trinajstić information content (AvgIpc) is 3.24. The summed E-state index contributed by atoms with van der Waals surface area (Å²) in [6, 6.07) is 0.683. The number of hydrogen-bond donors (Lipinski definition) is 2. The predicted molar refractivity (Wildman–Crippen MR) is 80.3 cm³/mol. The van der Waals surface area contributed by atoms with Gasteiger partial charge in [0.2, 0.25) is 0 Å². The van der Waals surface area contributed by atoms with Crippen LogP contribution >= 0.6 is 0 Å². The third-order valence-electron chi connectivity index (χ3n) is 5.07. The van der Waals surface area contributed by atoms with E-state index in [1.54, 1.807) is 0 Å². The van der Waals surface area contributed by atoms with Crippen LogP contribution in [0.15, 0.2) is 0 Å². The fourth-order valence-corrected chi connectivity index (χ4v) is 3.17. The molecule has 0 amide bonds. The van der Waals surface area contributed by atoms with E-state index in [9.17, 15) is 5.11 Å². The Bertz CT molecular complexity index is 253. The van der Waals surface area contributed by atoms with Gasteiger partial charge in [-0.05, 0) is 70.5 Å². The van der Waals surface area contributed by atoms with Gasteiger partial charge in [0.05, 0.1) is 6.61 Å². The molecule has 0 spiro atoms. The van der Waals surface area contributed by atoms with Crippen molar-refractivity contribution in [3.05, 3.63) is 0 Å². The van der Waals surface area contributed by atoms with Gasteiger partial charge < -0.3 is 15.3 Å². The van der Waals surface area contributed by atoms with Gasteiger partial charge in [-0.2, -0.15) is 0 Å². The van der Waals surface area contributed by atoms with E-state index in [1.807, 2.05) is 0 Å². The van der Waals surface area contributed by atoms with Crippen LogP contribution in [-0.2, 0) is 0 Å². The smallest absolute Gasteiger partial charge is 0.0613 e. The molecule has 2 N–H and O–H groups in total. The number of hydrogen-bond acceptors (Lipinski definition) is 3. The SMILES string of the molecule is CCC(CO)(CCCN1CCC(C)CC1)NC1CC1. The van der Waals surface area contributed by atoms with E-state index >= 15 is 0 Å². The molecular formula is C16H32N2O. The summed E-state index contributed by atoms with van der Waals surface area (Å²) in [5, 5.41) is 13.4. The summed E-state index contributed by atoms with van der Waals surface area (Å²) >= 11 is 0. The molecule has 1 saturated heterocycles. The first-order chi connectivity index (χ1) is 9.17. The van der Waals surface area contributed by atoms with Gasteiger partial charge in [-0.3, -0.25) is 0 Å². The van der Waals surface area contributed by atoms with E-state index < -0.39 is 0 Å². The van der Waals surface area contributed by atoms with Crippen molar-refractivity contribution in [3.8, 4) is 0 Å². The summed E-state index contributed by atoms with van der Waals surface area (Å²) in [6.07, 6.45) is 8.68. The second kappa shape index (κ2) is 7.05. The highest BCUT2D eigenvalue weighted by molar-refractivity contribution is 4.94. The van der Waals surface area contributed by atoms with E-state index in [4.69, 9.17) is 0 Å². The second-order valence-electron chi connectivity index (χ2n) is 6.84. The molecule has 3 nitrogen and oxygen atoms in total. The normalized spacial score (nSPS) is 25.4. The van der Waals surface area contributed by atoms with Crippen LogP contribution < -0.4 is 5.32 Å². The van der Waals surface area contributed by atoms with E-state index in [-0.39, 0.29) is 12.1 Å². The molecule has 1 atom stereocenters. The van der Waals surface area contributed by atoms with Crippen LogP contribution in [0.1, 0.15) is 58.8 Å². The molecule has 0 aromatic heterocycles. The second-order valence-corrected chi connectivity index (χ2v) is 6.84. The molecule has 1 unspecified atom stereocenters. The van der Waals surface area contributed by atoms with Crippen LogP contribution in [0.3, 0.4) is 0 Å². The Morgan fingerprint density at radius 1 is 1.21 bits per heavy atom. The topological polar surface area (TPSA) is 35.5 Å². The van der Waals surface area contributed by atoms with Gasteiger partial charge in [0, 0.05) is 11.6 Å². The van der Waals surface area contributed by atoms with E-state index in [1.165, 1.54) is 51.7 Å². The lowest BCUT2D eigenvalue weighted by Crippen LogP contribution is -2.49. The molecule has 112 valence electrons. The van der Waals surface area contributed by atoms with Crippen molar-refractivity contribution in [2.75, 3.05) is 26.2 Å². The maximum absolute atomic E-state index is 9.75. The van der Waals surface area contributed by atoms with Crippen LogP contribution in [0.25, 0.3) is 0 Å². The van der Waals surface area contributed by atoms with Crippen molar-refractivity contribution in [2.24, 2.45) is 5.92 Å². The minimum atomic E-state index is -0.00968. The maximum Gasteiger partial charge on any atom is 0.0613 e. The minimum Gasteiger partial charge on any atom is -0.394 e. The standard InChI is InChI=1S/C16H32N2O/c1-3-16(13-19,17-15-5-6-15)9-4-10-18-11-7-14(2)8-12-18/h14-15,17,19H,3-13H2,1-2H3. The molecule has 1 saturated carbocycles. The molecule has 2 fully saturated rings. The Morgan fingerprint density at radius 3 is 2.42 bits per heavy atom. The van der Waals surface area contributed by atoms with Gasteiger partial charge in [0.15, 0.2) is 0 Å². The Kier molecular flexibility index (Phi) is 5.67. The summed E-state index contributed by atoms with van der Waals surface area (Å²) in [5.41, 5.74) is -0.00968. The monoisotopic (exact) mass is 268 g/mol.